The highest BCUT2D eigenvalue weighted by molar-refractivity contribution is 6.32. The van der Waals surface area contributed by atoms with Gasteiger partial charge in [-0.3, -0.25) is 4.79 Å². The van der Waals surface area contributed by atoms with Crippen LogP contribution in [0.2, 0.25) is 5.15 Å². The summed E-state index contributed by atoms with van der Waals surface area (Å²) in [4.78, 5) is 36.1. The van der Waals surface area contributed by atoms with E-state index in [1.807, 2.05) is 4.90 Å². The van der Waals surface area contributed by atoms with Gasteiger partial charge in [-0.2, -0.15) is 4.98 Å². The molecule has 0 saturated carbocycles. The Labute approximate surface area is 187 Å². The zero-order valence-electron chi connectivity index (χ0n) is 17.9. The molecule has 2 fully saturated rings. The van der Waals surface area contributed by atoms with Crippen LogP contribution in [0.4, 0.5) is 11.8 Å². The molecule has 3 aliphatic rings. The van der Waals surface area contributed by atoms with Crippen molar-refractivity contribution in [2.45, 2.75) is 25.8 Å². The van der Waals surface area contributed by atoms with E-state index in [0.717, 1.165) is 68.7 Å². The van der Waals surface area contributed by atoms with E-state index >= 15 is 0 Å². The molecule has 0 aromatic carbocycles. The van der Waals surface area contributed by atoms with Gasteiger partial charge in [-0.25, -0.2) is 9.97 Å². The molecule has 8 nitrogen and oxygen atoms in total. The first kappa shape index (κ1) is 20.5. The molecule has 3 aliphatic heterocycles. The zero-order chi connectivity index (χ0) is 21.4. The van der Waals surface area contributed by atoms with Gasteiger partial charge in [-0.05, 0) is 32.0 Å². The van der Waals surface area contributed by atoms with Crippen LogP contribution in [0.3, 0.4) is 0 Å². The number of hydrogen-bond donors (Lipinski definition) is 0. The molecule has 1 amide bonds. The maximum absolute atomic E-state index is 13.2. The summed E-state index contributed by atoms with van der Waals surface area (Å²) >= 11 is 6.20. The standard InChI is InChI=1S/C22H28ClN7O/c1-27-11-13-28(14-12-27)20-17-15-30(21(31)16-5-4-7-24-19(16)23)10-6-18(17)25-22(26-20)29-8-2-3-9-29/h4-5,7H,2-3,6,8-15H2,1H3. The lowest BCUT2D eigenvalue weighted by Crippen LogP contribution is -2.46. The lowest BCUT2D eigenvalue weighted by atomic mass is 10.0. The van der Waals surface area contributed by atoms with Gasteiger partial charge in [0.05, 0.1) is 17.8 Å². The topological polar surface area (TPSA) is 68.7 Å². The van der Waals surface area contributed by atoms with E-state index in [9.17, 15) is 4.79 Å². The van der Waals surface area contributed by atoms with Gasteiger partial charge in [0.15, 0.2) is 0 Å². The maximum Gasteiger partial charge on any atom is 0.257 e. The van der Waals surface area contributed by atoms with Crippen LogP contribution in [0.15, 0.2) is 18.3 Å². The molecule has 5 rings (SSSR count). The van der Waals surface area contributed by atoms with Crippen molar-refractivity contribution in [1.82, 2.24) is 24.8 Å². The molecule has 164 valence electrons. The van der Waals surface area contributed by atoms with Gasteiger partial charge in [-0.15, -0.1) is 0 Å². The van der Waals surface area contributed by atoms with E-state index in [1.54, 1.807) is 18.3 Å². The number of fused-ring (bicyclic) bond motifs is 1. The monoisotopic (exact) mass is 441 g/mol. The smallest absolute Gasteiger partial charge is 0.257 e. The Bertz CT molecular complexity index is 970. The summed E-state index contributed by atoms with van der Waals surface area (Å²) in [6, 6.07) is 3.49. The number of piperazine rings is 1. The van der Waals surface area contributed by atoms with E-state index in [-0.39, 0.29) is 11.1 Å². The number of aromatic nitrogens is 3. The van der Waals surface area contributed by atoms with Crippen molar-refractivity contribution in [1.29, 1.82) is 0 Å². The Kier molecular flexibility index (Phi) is 5.67. The molecule has 2 aromatic rings. The minimum Gasteiger partial charge on any atom is -0.354 e. The molecule has 31 heavy (non-hydrogen) atoms. The number of nitrogens with zero attached hydrogens (tertiary/aromatic N) is 7. The first-order chi connectivity index (χ1) is 15.1. The SMILES string of the molecule is CN1CCN(c2nc(N3CCCC3)nc3c2CN(C(=O)c2cccnc2Cl)CC3)CC1. The normalized spacial score (nSPS) is 19.6. The quantitative estimate of drug-likeness (QED) is 0.675. The second-order valence-corrected chi connectivity index (χ2v) is 8.93. The maximum atomic E-state index is 13.2. The molecule has 0 bridgehead atoms. The summed E-state index contributed by atoms with van der Waals surface area (Å²) in [5.74, 6) is 1.76. The molecule has 0 N–H and O–H groups in total. The Morgan fingerprint density at radius 2 is 1.77 bits per heavy atom. The van der Waals surface area contributed by atoms with Crippen molar-refractivity contribution >= 4 is 29.3 Å². The Morgan fingerprint density at radius 1 is 1.00 bits per heavy atom. The van der Waals surface area contributed by atoms with Crippen LogP contribution in [0.1, 0.15) is 34.5 Å². The lowest BCUT2D eigenvalue weighted by molar-refractivity contribution is 0.0733. The Morgan fingerprint density at radius 3 is 2.52 bits per heavy atom. The molecule has 2 saturated heterocycles. The summed E-state index contributed by atoms with van der Waals surface area (Å²) in [7, 11) is 2.15. The second kappa shape index (κ2) is 8.59. The minimum absolute atomic E-state index is 0.0864. The van der Waals surface area contributed by atoms with Crippen LogP contribution < -0.4 is 9.80 Å². The summed E-state index contributed by atoms with van der Waals surface area (Å²) in [5.41, 5.74) is 2.60. The van der Waals surface area contributed by atoms with E-state index in [4.69, 9.17) is 21.6 Å². The Balaban J connectivity index is 1.48. The molecular weight excluding hydrogens is 414 g/mol. The number of amides is 1. The van der Waals surface area contributed by atoms with Gasteiger partial charge >= 0.3 is 0 Å². The molecular formula is C22H28ClN7O. The second-order valence-electron chi connectivity index (χ2n) is 8.58. The van der Waals surface area contributed by atoms with E-state index in [1.165, 1.54) is 12.8 Å². The molecule has 0 radical (unpaired) electrons. The number of hydrogen-bond acceptors (Lipinski definition) is 7. The highest BCUT2D eigenvalue weighted by Crippen LogP contribution is 2.31. The number of halogens is 1. The lowest BCUT2D eigenvalue weighted by Gasteiger charge is -2.37. The van der Waals surface area contributed by atoms with Gasteiger partial charge in [-0.1, -0.05) is 11.6 Å². The molecule has 0 unspecified atom stereocenters. The average Bonchev–Trinajstić information content (AvgIpc) is 3.33. The van der Waals surface area contributed by atoms with Crippen LogP contribution in [0.25, 0.3) is 0 Å². The van der Waals surface area contributed by atoms with Crippen LogP contribution in [-0.2, 0) is 13.0 Å². The number of carbonyl (C=O) groups excluding carboxylic acids is 1. The fourth-order valence-corrected chi connectivity index (χ4v) is 4.81. The van der Waals surface area contributed by atoms with E-state index in [0.29, 0.717) is 18.7 Å². The summed E-state index contributed by atoms with van der Waals surface area (Å²) in [6.45, 7) is 7.04. The fraction of sp³-hybridized carbons (Fsp3) is 0.545. The van der Waals surface area contributed by atoms with Crippen LogP contribution in [0, 0.1) is 0 Å². The van der Waals surface area contributed by atoms with Gasteiger partial charge in [0, 0.05) is 64.0 Å². The minimum atomic E-state index is -0.0864. The molecule has 0 atom stereocenters. The highest BCUT2D eigenvalue weighted by atomic mass is 35.5. The van der Waals surface area contributed by atoms with E-state index < -0.39 is 0 Å². The number of rotatable bonds is 3. The number of likely N-dealkylation sites (N-methyl/N-ethyl adjacent to an activating group) is 1. The third kappa shape index (κ3) is 4.06. The number of pyridine rings is 1. The highest BCUT2D eigenvalue weighted by Gasteiger charge is 2.31. The van der Waals surface area contributed by atoms with E-state index in [2.05, 4.69) is 26.7 Å². The van der Waals surface area contributed by atoms with Gasteiger partial charge < -0.3 is 19.6 Å². The first-order valence-electron chi connectivity index (χ1n) is 11.1. The average molecular weight is 442 g/mol. The first-order valence-corrected chi connectivity index (χ1v) is 11.5. The third-order valence-electron chi connectivity index (χ3n) is 6.50. The van der Waals surface area contributed by atoms with Crippen LogP contribution in [0.5, 0.6) is 0 Å². The molecule has 9 heteroatoms. The van der Waals surface area contributed by atoms with Gasteiger partial charge in [0.2, 0.25) is 5.95 Å². The predicted molar refractivity (Wildman–Crippen MR) is 121 cm³/mol. The van der Waals surface area contributed by atoms with Gasteiger partial charge in [0.1, 0.15) is 11.0 Å². The molecule has 0 aliphatic carbocycles. The van der Waals surface area contributed by atoms with Crippen LogP contribution in [-0.4, -0.2) is 83.5 Å². The van der Waals surface area contributed by atoms with Crippen molar-refractivity contribution in [3.8, 4) is 0 Å². The predicted octanol–water partition coefficient (Wildman–Crippen LogP) is 2.08. The van der Waals surface area contributed by atoms with Gasteiger partial charge in [0.25, 0.3) is 5.91 Å². The van der Waals surface area contributed by atoms with Crippen molar-refractivity contribution in [2.75, 3.05) is 62.7 Å². The van der Waals surface area contributed by atoms with Crippen molar-refractivity contribution in [2.24, 2.45) is 0 Å². The molecule has 2 aromatic heterocycles. The molecule has 5 heterocycles. The van der Waals surface area contributed by atoms with Crippen LogP contribution >= 0.6 is 11.6 Å². The molecule has 0 spiro atoms. The van der Waals surface area contributed by atoms with Crippen molar-refractivity contribution < 1.29 is 4.79 Å². The zero-order valence-corrected chi connectivity index (χ0v) is 18.7. The summed E-state index contributed by atoms with van der Waals surface area (Å²) in [5, 5.41) is 0.248. The summed E-state index contributed by atoms with van der Waals surface area (Å²) < 4.78 is 0. The van der Waals surface area contributed by atoms with Crippen molar-refractivity contribution in [3.63, 3.8) is 0 Å². The van der Waals surface area contributed by atoms with Crippen molar-refractivity contribution in [3.05, 3.63) is 40.3 Å². The Hall–Kier alpha value is -2.45. The number of carbonyl (C=O) groups is 1. The third-order valence-corrected chi connectivity index (χ3v) is 6.80. The fourth-order valence-electron chi connectivity index (χ4n) is 4.61. The number of anilines is 2. The largest absolute Gasteiger partial charge is 0.354 e. The summed E-state index contributed by atoms with van der Waals surface area (Å²) in [6.07, 6.45) is 4.71.